The van der Waals surface area contributed by atoms with E-state index in [9.17, 15) is 4.39 Å². The molecule has 2 aliphatic heterocycles. The van der Waals surface area contributed by atoms with E-state index in [1.165, 1.54) is 12.8 Å². The number of hydrogen-bond donors (Lipinski definition) is 1. The molecule has 0 radical (unpaired) electrons. The van der Waals surface area contributed by atoms with Gasteiger partial charge in [-0.25, -0.2) is 4.39 Å². The van der Waals surface area contributed by atoms with Crippen molar-refractivity contribution in [3.8, 4) is 11.5 Å². The first-order chi connectivity index (χ1) is 9.75. The number of fused-ring (bicyclic) bond motifs is 1. The lowest BCUT2D eigenvalue weighted by molar-refractivity contribution is 0.296. The maximum Gasteiger partial charge on any atom is 0.161 e. The quantitative estimate of drug-likeness (QED) is 0.895. The first-order valence-corrected chi connectivity index (χ1v) is 7.56. The molecule has 0 spiro atoms. The summed E-state index contributed by atoms with van der Waals surface area (Å²) in [6.07, 6.45) is 3.31. The van der Waals surface area contributed by atoms with Crippen molar-refractivity contribution in [2.75, 3.05) is 19.8 Å². The van der Waals surface area contributed by atoms with Crippen LogP contribution < -0.4 is 14.8 Å². The van der Waals surface area contributed by atoms with Gasteiger partial charge in [0.1, 0.15) is 6.17 Å². The molecule has 2 atom stereocenters. The number of nitrogens with one attached hydrogen (secondary N) is 1. The Bertz CT molecular complexity index is 470. The molecule has 2 unspecified atom stereocenters. The summed E-state index contributed by atoms with van der Waals surface area (Å²) in [4.78, 5) is 0. The van der Waals surface area contributed by atoms with Crippen LogP contribution in [0.3, 0.4) is 0 Å². The Morgan fingerprint density at radius 1 is 1.15 bits per heavy atom. The summed E-state index contributed by atoms with van der Waals surface area (Å²) in [5.41, 5.74) is 1.76. The Kier molecular flexibility index (Phi) is 4.10. The predicted octanol–water partition coefficient (Wildman–Crippen LogP) is 3.69. The van der Waals surface area contributed by atoms with Crippen LogP contribution in [0.4, 0.5) is 4.39 Å². The molecule has 0 aliphatic carbocycles. The van der Waals surface area contributed by atoms with E-state index in [0.29, 0.717) is 19.0 Å². The third-order valence-electron chi connectivity index (χ3n) is 4.07. The van der Waals surface area contributed by atoms with E-state index >= 15 is 0 Å². The Hall–Kier alpha value is -1.29. The van der Waals surface area contributed by atoms with E-state index in [0.717, 1.165) is 36.3 Å². The van der Waals surface area contributed by atoms with Gasteiger partial charge < -0.3 is 14.8 Å². The molecule has 0 bridgehead atoms. The molecule has 1 N–H and O–H groups in total. The molecule has 2 heterocycles. The van der Waals surface area contributed by atoms with Crippen LogP contribution in [0, 0.1) is 0 Å². The van der Waals surface area contributed by atoms with Gasteiger partial charge in [0.25, 0.3) is 0 Å². The predicted molar refractivity (Wildman–Crippen MR) is 76.2 cm³/mol. The zero-order valence-electron chi connectivity index (χ0n) is 12.0. The average Bonchev–Trinajstić information content (AvgIpc) is 2.71. The van der Waals surface area contributed by atoms with Gasteiger partial charge in [-0.15, -0.1) is 0 Å². The highest BCUT2D eigenvalue weighted by molar-refractivity contribution is 5.49. The van der Waals surface area contributed by atoms with Crippen molar-refractivity contribution in [1.82, 2.24) is 5.32 Å². The third-order valence-corrected chi connectivity index (χ3v) is 4.07. The summed E-state index contributed by atoms with van der Waals surface area (Å²) in [5.74, 6) is 1.44. The molecule has 0 amide bonds. The molecule has 0 saturated carbocycles. The van der Waals surface area contributed by atoms with Crippen LogP contribution in [-0.2, 0) is 0 Å². The zero-order chi connectivity index (χ0) is 13.9. The number of piperidine rings is 1. The van der Waals surface area contributed by atoms with E-state index in [-0.39, 0.29) is 6.04 Å². The van der Waals surface area contributed by atoms with Crippen molar-refractivity contribution in [3.05, 3.63) is 23.3 Å². The number of benzene rings is 1. The second-order valence-corrected chi connectivity index (χ2v) is 5.60. The molecule has 2 aliphatic rings. The largest absolute Gasteiger partial charge is 0.490 e. The van der Waals surface area contributed by atoms with Crippen LogP contribution in [0.15, 0.2) is 12.1 Å². The Balaban J connectivity index is 1.99. The van der Waals surface area contributed by atoms with Gasteiger partial charge >= 0.3 is 0 Å². The van der Waals surface area contributed by atoms with Crippen LogP contribution in [-0.4, -0.2) is 19.8 Å². The second-order valence-electron chi connectivity index (χ2n) is 5.60. The molecule has 4 heteroatoms. The highest BCUT2D eigenvalue weighted by atomic mass is 19.1. The lowest BCUT2D eigenvalue weighted by atomic mass is 9.91. The molecule has 1 aromatic carbocycles. The van der Waals surface area contributed by atoms with Crippen molar-refractivity contribution >= 4 is 0 Å². The van der Waals surface area contributed by atoms with Crippen molar-refractivity contribution < 1.29 is 13.9 Å². The molecular weight excluding hydrogens is 257 g/mol. The Morgan fingerprint density at radius 2 is 1.90 bits per heavy atom. The molecular formula is C16H22FNO2. The summed E-state index contributed by atoms with van der Waals surface area (Å²) in [5, 5.41) is 3.49. The number of hydrogen-bond acceptors (Lipinski definition) is 3. The highest BCUT2D eigenvalue weighted by Gasteiger charge is 2.24. The minimum Gasteiger partial charge on any atom is -0.490 e. The fourth-order valence-electron chi connectivity index (χ4n) is 3.00. The average molecular weight is 279 g/mol. The maximum atomic E-state index is 14.0. The number of rotatable bonds is 2. The van der Waals surface area contributed by atoms with Crippen LogP contribution >= 0.6 is 0 Å². The summed E-state index contributed by atoms with van der Waals surface area (Å²) < 4.78 is 25.4. The van der Waals surface area contributed by atoms with Crippen molar-refractivity contribution in [3.63, 3.8) is 0 Å². The van der Waals surface area contributed by atoms with Gasteiger partial charge in [-0.3, -0.25) is 0 Å². The lowest BCUT2D eigenvalue weighted by Gasteiger charge is -2.27. The van der Waals surface area contributed by atoms with Gasteiger partial charge in [-0.2, -0.15) is 0 Å². The van der Waals surface area contributed by atoms with Crippen LogP contribution in [0.5, 0.6) is 11.5 Å². The summed E-state index contributed by atoms with van der Waals surface area (Å²) in [7, 11) is 0. The van der Waals surface area contributed by atoms with E-state index in [1.54, 1.807) is 6.92 Å². The lowest BCUT2D eigenvalue weighted by Crippen LogP contribution is -2.27. The van der Waals surface area contributed by atoms with Crippen molar-refractivity contribution in [2.24, 2.45) is 0 Å². The van der Waals surface area contributed by atoms with E-state index < -0.39 is 6.17 Å². The Morgan fingerprint density at radius 3 is 2.55 bits per heavy atom. The van der Waals surface area contributed by atoms with E-state index in [1.807, 2.05) is 12.1 Å². The summed E-state index contributed by atoms with van der Waals surface area (Å²) in [6, 6.07) is 4.04. The fraction of sp³-hybridized carbons (Fsp3) is 0.625. The number of halogens is 1. The first-order valence-electron chi connectivity index (χ1n) is 7.56. The van der Waals surface area contributed by atoms with Crippen LogP contribution in [0.1, 0.15) is 55.9 Å². The van der Waals surface area contributed by atoms with Gasteiger partial charge in [0.05, 0.1) is 13.2 Å². The molecule has 3 rings (SSSR count). The van der Waals surface area contributed by atoms with Crippen molar-refractivity contribution in [1.29, 1.82) is 0 Å². The third kappa shape index (κ3) is 2.75. The van der Waals surface area contributed by atoms with Gasteiger partial charge in [-0.1, -0.05) is 6.42 Å². The minimum absolute atomic E-state index is 0.231. The second kappa shape index (κ2) is 6.00. The minimum atomic E-state index is -0.995. The normalized spacial score (nSPS) is 24.0. The smallest absolute Gasteiger partial charge is 0.161 e. The summed E-state index contributed by atoms with van der Waals surface area (Å²) >= 11 is 0. The monoisotopic (exact) mass is 279 g/mol. The molecule has 1 fully saturated rings. The first kappa shape index (κ1) is 13.7. The number of alkyl halides is 1. The van der Waals surface area contributed by atoms with Gasteiger partial charge in [0, 0.05) is 12.5 Å². The topological polar surface area (TPSA) is 30.5 Å². The molecule has 110 valence electrons. The summed E-state index contributed by atoms with van der Waals surface area (Å²) in [6.45, 7) is 3.88. The van der Waals surface area contributed by atoms with E-state index in [2.05, 4.69) is 5.32 Å². The van der Waals surface area contributed by atoms with Gasteiger partial charge in [-0.05, 0) is 49.6 Å². The van der Waals surface area contributed by atoms with Crippen LogP contribution in [0.2, 0.25) is 0 Å². The van der Waals surface area contributed by atoms with Gasteiger partial charge in [0.15, 0.2) is 11.5 Å². The molecule has 3 nitrogen and oxygen atoms in total. The van der Waals surface area contributed by atoms with Gasteiger partial charge in [0.2, 0.25) is 0 Å². The molecule has 1 aromatic rings. The molecule has 20 heavy (non-hydrogen) atoms. The SMILES string of the molecule is CC(F)c1cc2c(cc1C1CCCCN1)OCCCO2. The number of ether oxygens (including phenoxy) is 2. The fourth-order valence-corrected chi connectivity index (χ4v) is 3.00. The Labute approximate surface area is 119 Å². The zero-order valence-corrected chi connectivity index (χ0v) is 12.0. The highest BCUT2D eigenvalue weighted by Crippen LogP contribution is 2.39. The van der Waals surface area contributed by atoms with E-state index in [4.69, 9.17) is 9.47 Å². The van der Waals surface area contributed by atoms with Crippen LogP contribution in [0.25, 0.3) is 0 Å². The van der Waals surface area contributed by atoms with Crippen molar-refractivity contribution in [2.45, 2.75) is 44.8 Å². The maximum absolute atomic E-state index is 14.0. The standard InChI is InChI=1S/C16H22FNO2/c1-11(17)12-9-15-16(20-8-4-7-19-15)10-13(12)14-5-2-3-6-18-14/h9-11,14,18H,2-8H2,1H3. The molecule has 0 aromatic heterocycles. The molecule has 1 saturated heterocycles.